The molecule has 0 aliphatic carbocycles. The molecule has 3 heteroatoms. The highest BCUT2D eigenvalue weighted by Crippen LogP contribution is 2.43. The molecule has 0 saturated heterocycles. The molecule has 0 N–H and O–H groups in total. The topological polar surface area (TPSA) is 18.1 Å². The Morgan fingerprint density at radius 1 is 0.422 bits per heavy atom. The Balaban J connectivity index is 1.26. The van der Waals surface area contributed by atoms with Crippen molar-refractivity contribution in [3.05, 3.63) is 152 Å². The molecule has 0 spiro atoms. The van der Waals surface area contributed by atoms with Gasteiger partial charge in [-0.15, -0.1) is 11.3 Å². The maximum atomic E-state index is 6.26. The van der Waals surface area contributed by atoms with Crippen LogP contribution in [0.5, 0.6) is 0 Å². The molecule has 2 nitrogen and oxygen atoms in total. The fourth-order valence-corrected chi connectivity index (χ4v) is 8.33. The van der Waals surface area contributed by atoms with E-state index >= 15 is 0 Å². The molecule has 10 rings (SSSR count). The average Bonchev–Trinajstić information content (AvgIpc) is 3.77. The van der Waals surface area contributed by atoms with Gasteiger partial charge < -0.3 is 8.98 Å². The molecule has 0 aliphatic rings. The fourth-order valence-electron chi connectivity index (χ4n) is 7.11. The molecule has 0 unspecified atom stereocenters. The summed E-state index contributed by atoms with van der Waals surface area (Å²) in [7, 11) is 0. The number of benzene rings is 7. The number of para-hydroxylation sites is 2. The van der Waals surface area contributed by atoms with Crippen molar-refractivity contribution in [2.75, 3.05) is 0 Å². The van der Waals surface area contributed by atoms with Gasteiger partial charge in [-0.25, -0.2) is 0 Å². The van der Waals surface area contributed by atoms with Crippen LogP contribution in [0, 0.1) is 0 Å². The lowest BCUT2D eigenvalue weighted by molar-refractivity contribution is 0.669. The van der Waals surface area contributed by atoms with E-state index in [1.165, 1.54) is 64.4 Å². The smallest absolute Gasteiger partial charge is 0.136 e. The fraction of sp³-hybridized carbons (Fsp3) is 0. The van der Waals surface area contributed by atoms with Crippen molar-refractivity contribution in [2.24, 2.45) is 0 Å². The average molecular weight is 592 g/mol. The first-order valence-corrected chi connectivity index (χ1v) is 16.1. The molecule has 0 saturated carbocycles. The molecule has 0 bridgehead atoms. The van der Waals surface area contributed by atoms with Crippen molar-refractivity contribution < 1.29 is 4.42 Å². The lowest BCUT2D eigenvalue weighted by atomic mass is 10.0. The first-order valence-electron chi connectivity index (χ1n) is 15.3. The van der Waals surface area contributed by atoms with E-state index in [0.29, 0.717) is 0 Å². The number of aromatic nitrogens is 1. The first kappa shape index (κ1) is 24.8. The third-order valence-corrected chi connectivity index (χ3v) is 10.4. The van der Waals surface area contributed by atoms with Gasteiger partial charge in [-0.05, 0) is 65.2 Å². The van der Waals surface area contributed by atoms with Crippen LogP contribution in [0.15, 0.2) is 156 Å². The SMILES string of the molecule is c1ccc(-c2cc(-n3c4ccccc4c4ccc(-c5ccc6c(c5)oc5ccccc56)cc43)cc3c2sc2ccccc23)cc1. The van der Waals surface area contributed by atoms with Gasteiger partial charge in [-0.1, -0.05) is 103 Å². The molecule has 0 aliphatic heterocycles. The molecule has 7 aromatic carbocycles. The summed E-state index contributed by atoms with van der Waals surface area (Å²) in [5, 5.41) is 7.40. The zero-order chi connectivity index (χ0) is 29.5. The summed E-state index contributed by atoms with van der Waals surface area (Å²) in [6.45, 7) is 0. The molecule has 0 radical (unpaired) electrons. The van der Waals surface area contributed by atoms with Crippen molar-refractivity contribution >= 4 is 75.3 Å². The van der Waals surface area contributed by atoms with Gasteiger partial charge in [-0.3, -0.25) is 0 Å². The predicted molar refractivity (Wildman–Crippen MR) is 192 cm³/mol. The third-order valence-electron chi connectivity index (χ3n) is 9.19. The van der Waals surface area contributed by atoms with Crippen LogP contribution in [0.3, 0.4) is 0 Å². The molecular weight excluding hydrogens is 567 g/mol. The quantitative estimate of drug-likeness (QED) is 0.200. The Morgan fingerprint density at radius 3 is 1.98 bits per heavy atom. The van der Waals surface area contributed by atoms with Crippen molar-refractivity contribution in [3.63, 3.8) is 0 Å². The Labute approximate surface area is 263 Å². The third kappa shape index (κ3) is 3.68. The number of rotatable bonds is 3. The number of hydrogen-bond donors (Lipinski definition) is 0. The van der Waals surface area contributed by atoms with Gasteiger partial charge in [0.15, 0.2) is 0 Å². The van der Waals surface area contributed by atoms with Gasteiger partial charge in [0.25, 0.3) is 0 Å². The highest BCUT2D eigenvalue weighted by atomic mass is 32.1. The lowest BCUT2D eigenvalue weighted by Gasteiger charge is -2.13. The van der Waals surface area contributed by atoms with Crippen LogP contribution >= 0.6 is 11.3 Å². The largest absolute Gasteiger partial charge is 0.456 e. The number of furan rings is 1. The van der Waals surface area contributed by atoms with Crippen LogP contribution in [0.1, 0.15) is 0 Å². The monoisotopic (exact) mass is 591 g/mol. The summed E-state index contributed by atoms with van der Waals surface area (Å²) in [6, 6.07) is 54.8. The molecule has 3 heterocycles. The van der Waals surface area contributed by atoms with Crippen LogP contribution in [0.2, 0.25) is 0 Å². The van der Waals surface area contributed by atoms with E-state index in [9.17, 15) is 0 Å². The summed E-state index contributed by atoms with van der Waals surface area (Å²) >= 11 is 1.88. The van der Waals surface area contributed by atoms with E-state index in [4.69, 9.17) is 4.42 Å². The van der Waals surface area contributed by atoms with Crippen LogP contribution in [-0.2, 0) is 0 Å². The second-order valence-corrected chi connectivity index (χ2v) is 12.8. The highest BCUT2D eigenvalue weighted by molar-refractivity contribution is 7.26. The van der Waals surface area contributed by atoms with Gasteiger partial charge in [0.2, 0.25) is 0 Å². The highest BCUT2D eigenvalue weighted by Gasteiger charge is 2.18. The van der Waals surface area contributed by atoms with E-state index in [2.05, 4.69) is 144 Å². The number of hydrogen-bond acceptors (Lipinski definition) is 2. The molecule has 3 aromatic heterocycles. The molecule has 0 amide bonds. The Hall–Kier alpha value is -5.64. The minimum absolute atomic E-state index is 0.914. The van der Waals surface area contributed by atoms with E-state index in [1.54, 1.807) is 0 Å². The van der Waals surface area contributed by atoms with Crippen molar-refractivity contribution in [1.29, 1.82) is 0 Å². The minimum atomic E-state index is 0.914. The zero-order valence-corrected chi connectivity index (χ0v) is 25.0. The molecule has 0 atom stereocenters. The molecule has 45 heavy (non-hydrogen) atoms. The van der Waals surface area contributed by atoms with Crippen molar-refractivity contribution in [2.45, 2.75) is 0 Å². The minimum Gasteiger partial charge on any atom is -0.456 e. The van der Waals surface area contributed by atoms with Gasteiger partial charge in [0.1, 0.15) is 11.2 Å². The van der Waals surface area contributed by atoms with Crippen LogP contribution in [0.4, 0.5) is 0 Å². The predicted octanol–water partition coefficient (Wildman–Crippen LogP) is 12.4. The summed E-state index contributed by atoms with van der Waals surface area (Å²) in [4.78, 5) is 0. The van der Waals surface area contributed by atoms with E-state index < -0.39 is 0 Å². The van der Waals surface area contributed by atoms with Gasteiger partial charge in [0.05, 0.1) is 11.0 Å². The maximum absolute atomic E-state index is 6.26. The van der Waals surface area contributed by atoms with Crippen LogP contribution in [0.25, 0.3) is 91.9 Å². The first-order chi connectivity index (χ1) is 22.3. The lowest BCUT2D eigenvalue weighted by Crippen LogP contribution is -1.95. The Morgan fingerprint density at radius 2 is 1.09 bits per heavy atom. The van der Waals surface area contributed by atoms with Gasteiger partial charge >= 0.3 is 0 Å². The molecule has 10 aromatic rings. The van der Waals surface area contributed by atoms with Crippen molar-refractivity contribution in [1.82, 2.24) is 4.57 Å². The summed E-state index contributed by atoms with van der Waals surface area (Å²) in [5.41, 5.74) is 10.2. The van der Waals surface area contributed by atoms with E-state index in [0.717, 1.165) is 27.5 Å². The standard InChI is InChI=1S/C42H25NOS/c1-2-10-26(11-3-1)35-24-29(25-36-34-14-6-9-17-41(34)45-42(35)36)43-37-15-7-4-12-30(37)31-20-18-27(22-38(31)43)28-19-21-33-32-13-5-8-16-39(32)44-40(33)23-28/h1-25H. The molecule has 0 fully saturated rings. The Kier molecular flexibility index (Phi) is 5.19. The zero-order valence-electron chi connectivity index (χ0n) is 24.2. The second kappa shape index (κ2) is 9.43. The van der Waals surface area contributed by atoms with Crippen LogP contribution < -0.4 is 0 Å². The summed E-state index contributed by atoms with van der Waals surface area (Å²) < 4.78 is 11.4. The number of fused-ring (bicyclic) bond motifs is 9. The molecular formula is C42H25NOS. The van der Waals surface area contributed by atoms with Crippen LogP contribution in [-0.4, -0.2) is 4.57 Å². The molecule has 210 valence electrons. The van der Waals surface area contributed by atoms with Gasteiger partial charge in [0, 0.05) is 53.0 Å². The normalized spacial score (nSPS) is 12.0. The summed E-state index contributed by atoms with van der Waals surface area (Å²) in [5.74, 6) is 0. The van der Waals surface area contributed by atoms with E-state index in [1.807, 2.05) is 23.5 Å². The summed E-state index contributed by atoms with van der Waals surface area (Å²) in [6.07, 6.45) is 0. The Bertz CT molecular complexity index is 2760. The number of nitrogens with zero attached hydrogens (tertiary/aromatic N) is 1. The second-order valence-electron chi connectivity index (χ2n) is 11.7. The van der Waals surface area contributed by atoms with E-state index in [-0.39, 0.29) is 0 Å². The number of thiophene rings is 1. The maximum Gasteiger partial charge on any atom is 0.136 e. The van der Waals surface area contributed by atoms with Crippen molar-refractivity contribution in [3.8, 4) is 27.9 Å². The van der Waals surface area contributed by atoms with Gasteiger partial charge in [-0.2, -0.15) is 0 Å².